The molecule has 1 N–H and O–H groups in total. The van der Waals surface area contributed by atoms with Crippen LogP contribution in [0.15, 0.2) is 0 Å². The predicted octanol–water partition coefficient (Wildman–Crippen LogP) is 2.49. The Labute approximate surface area is 95.4 Å². The first-order valence-corrected chi connectivity index (χ1v) is 6.53. The van der Waals surface area contributed by atoms with Gasteiger partial charge in [-0.1, -0.05) is 19.8 Å². The van der Waals surface area contributed by atoms with Gasteiger partial charge in [0, 0.05) is 12.1 Å². The van der Waals surface area contributed by atoms with Crippen molar-refractivity contribution in [3.63, 3.8) is 0 Å². The highest BCUT2D eigenvalue weighted by Crippen LogP contribution is 2.28. The third-order valence-corrected chi connectivity index (χ3v) is 4.10. The fourth-order valence-corrected chi connectivity index (χ4v) is 2.79. The van der Waals surface area contributed by atoms with Crippen molar-refractivity contribution in [2.75, 3.05) is 20.6 Å². The summed E-state index contributed by atoms with van der Waals surface area (Å²) in [6.07, 6.45) is 6.96. The zero-order valence-electron chi connectivity index (χ0n) is 10.9. The molecule has 0 aromatic carbocycles. The third-order valence-electron chi connectivity index (χ3n) is 4.10. The van der Waals surface area contributed by atoms with E-state index in [0.29, 0.717) is 6.04 Å². The first-order chi connectivity index (χ1) is 7.16. The first-order valence-electron chi connectivity index (χ1n) is 6.53. The van der Waals surface area contributed by atoms with E-state index in [1.165, 1.54) is 32.1 Å². The van der Waals surface area contributed by atoms with Gasteiger partial charge >= 0.3 is 0 Å². The largest absolute Gasteiger partial charge is 0.320 e. The molecule has 1 aliphatic carbocycles. The standard InChI is InChI=1S/C13H28N2/c1-11-7-5-6-8-13(11)15(4)12(2)9-10-14-3/h11-14H,5-10H2,1-4H3. The van der Waals surface area contributed by atoms with Gasteiger partial charge in [-0.25, -0.2) is 0 Å². The lowest BCUT2D eigenvalue weighted by atomic mass is 9.84. The minimum absolute atomic E-state index is 0.711. The van der Waals surface area contributed by atoms with Gasteiger partial charge in [0.25, 0.3) is 0 Å². The first kappa shape index (κ1) is 13.0. The molecule has 15 heavy (non-hydrogen) atoms. The summed E-state index contributed by atoms with van der Waals surface area (Å²) < 4.78 is 0. The zero-order valence-corrected chi connectivity index (χ0v) is 10.9. The van der Waals surface area contributed by atoms with Crippen LogP contribution < -0.4 is 5.32 Å². The molecule has 0 aromatic rings. The lowest BCUT2D eigenvalue weighted by Crippen LogP contribution is -2.44. The van der Waals surface area contributed by atoms with Crippen molar-refractivity contribution < 1.29 is 0 Å². The monoisotopic (exact) mass is 212 g/mol. The highest BCUT2D eigenvalue weighted by atomic mass is 15.2. The average Bonchev–Trinajstić information content (AvgIpc) is 2.25. The molecule has 1 rings (SSSR count). The maximum atomic E-state index is 3.24. The Hall–Kier alpha value is -0.0800. The van der Waals surface area contributed by atoms with E-state index >= 15 is 0 Å². The van der Waals surface area contributed by atoms with Crippen LogP contribution in [0, 0.1) is 5.92 Å². The second-order valence-electron chi connectivity index (χ2n) is 5.24. The molecule has 0 saturated heterocycles. The van der Waals surface area contributed by atoms with Crippen LogP contribution in [-0.4, -0.2) is 37.6 Å². The van der Waals surface area contributed by atoms with Gasteiger partial charge in [-0.05, 0) is 52.7 Å². The molecule has 0 aromatic heterocycles. The van der Waals surface area contributed by atoms with E-state index in [2.05, 4.69) is 31.1 Å². The minimum Gasteiger partial charge on any atom is -0.320 e. The molecule has 0 spiro atoms. The zero-order chi connectivity index (χ0) is 11.3. The van der Waals surface area contributed by atoms with Crippen molar-refractivity contribution in [1.29, 1.82) is 0 Å². The summed E-state index contributed by atoms with van der Waals surface area (Å²) in [6, 6.07) is 1.54. The van der Waals surface area contributed by atoms with Crippen molar-refractivity contribution in [2.45, 2.75) is 58.0 Å². The van der Waals surface area contributed by atoms with Gasteiger partial charge in [0.2, 0.25) is 0 Å². The number of rotatable bonds is 5. The fraction of sp³-hybridized carbons (Fsp3) is 1.00. The Balaban J connectivity index is 2.39. The van der Waals surface area contributed by atoms with E-state index < -0.39 is 0 Å². The Morgan fingerprint density at radius 1 is 1.33 bits per heavy atom. The number of hydrogen-bond donors (Lipinski definition) is 1. The number of nitrogens with one attached hydrogen (secondary N) is 1. The molecule has 90 valence electrons. The predicted molar refractivity (Wildman–Crippen MR) is 67.2 cm³/mol. The minimum atomic E-state index is 0.711. The van der Waals surface area contributed by atoms with E-state index in [9.17, 15) is 0 Å². The summed E-state index contributed by atoms with van der Waals surface area (Å²) in [5.41, 5.74) is 0. The summed E-state index contributed by atoms with van der Waals surface area (Å²) >= 11 is 0. The smallest absolute Gasteiger partial charge is 0.0121 e. The Morgan fingerprint density at radius 3 is 2.60 bits per heavy atom. The maximum Gasteiger partial charge on any atom is 0.0121 e. The molecule has 0 radical (unpaired) electrons. The van der Waals surface area contributed by atoms with Crippen LogP contribution in [0.4, 0.5) is 0 Å². The summed E-state index contributed by atoms with van der Waals surface area (Å²) in [7, 11) is 4.35. The van der Waals surface area contributed by atoms with Crippen LogP contribution in [0.1, 0.15) is 46.0 Å². The summed E-state index contributed by atoms with van der Waals surface area (Å²) in [5, 5.41) is 3.24. The van der Waals surface area contributed by atoms with Crippen molar-refractivity contribution in [1.82, 2.24) is 10.2 Å². The highest BCUT2D eigenvalue weighted by molar-refractivity contribution is 4.82. The van der Waals surface area contributed by atoms with Crippen LogP contribution >= 0.6 is 0 Å². The van der Waals surface area contributed by atoms with Crippen LogP contribution in [0.3, 0.4) is 0 Å². The normalized spacial score (nSPS) is 29.4. The molecular weight excluding hydrogens is 184 g/mol. The molecule has 0 heterocycles. The van der Waals surface area contributed by atoms with Crippen LogP contribution in [-0.2, 0) is 0 Å². The van der Waals surface area contributed by atoms with E-state index in [1.54, 1.807) is 0 Å². The second kappa shape index (κ2) is 6.49. The molecule has 3 unspecified atom stereocenters. The van der Waals surface area contributed by atoms with Gasteiger partial charge < -0.3 is 10.2 Å². The SMILES string of the molecule is CNCCC(C)N(C)C1CCCCC1C. The topological polar surface area (TPSA) is 15.3 Å². The molecular formula is C13H28N2. The molecule has 0 amide bonds. The van der Waals surface area contributed by atoms with Crippen molar-refractivity contribution >= 4 is 0 Å². The fourth-order valence-electron chi connectivity index (χ4n) is 2.79. The summed E-state index contributed by atoms with van der Waals surface area (Å²) in [6.45, 7) is 5.91. The maximum absolute atomic E-state index is 3.24. The third kappa shape index (κ3) is 3.76. The van der Waals surface area contributed by atoms with Crippen molar-refractivity contribution in [3.05, 3.63) is 0 Å². The van der Waals surface area contributed by atoms with E-state index in [0.717, 1.165) is 18.5 Å². The van der Waals surface area contributed by atoms with Crippen molar-refractivity contribution in [2.24, 2.45) is 5.92 Å². The highest BCUT2D eigenvalue weighted by Gasteiger charge is 2.27. The molecule has 1 aliphatic rings. The number of nitrogens with zero attached hydrogens (tertiary/aromatic N) is 1. The lowest BCUT2D eigenvalue weighted by molar-refractivity contribution is 0.0998. The van der Waals surface area contributed by atoms with Gasteiger partial charge in [0.05, 0.1) is 0 Å². The molecule has 3 atom stereocenters. The van der Waals surface area contributed by atoms with Gasteiger partial charge in [-0.2, -0.15) is 0 Å². The molecule has 1 fully saturated rings. The lowest BCUT2D eigenvalue weighted by Gasteiger charge is -2.39. The number of hydrogen-bond acceptors (Lipinski definition) is 2. The van der Waals surface area contributed by atoms with Gasteiger partial charge in [-0.15, -0.1) is 0 Å². The van der Waals surface area contributed by atoms with E-state index in [1.807, 2.05) is 7.05 Å². The van der Waals surface area contributed by atoms with Gasteiger partial charge in [0.1, 0.15) is 0 Å². The van der Waals surface area contributed by atoms with Crippen LogP contribution in [0.25, 0.3) is 0 Å². The quantitative estimate of drug-likeness (QED) is 0.753. The van der Waals surface area contributed by atoms with Gasteiger partial charge in [0.15, 0.2) is 0 Å². The van der Waals surface area contributed by atoms with E-state index in [4.69, 9.17) is 0 Å². The van der Waals surface area contributed by atoms with E-state index in [-0.39, 0.29) is 0 Å². The summed E-state index contributed by atoms with van der Waals surface area (Å²) in [5.74, 6) is 0.890. The Morgan fingerprint density at radius 2 is 2.00 bits per heavy atom. The van der Waals surface area contributed by atoms with Crippen LogP contribution in [0.5, 0.6) is 0 Å². The van der Waals surface area contributed by atoms with Crippen LogP contribution in [0.2, 0.25) is 0 Å². The average molecular weight is 212 g/mol. The molecule has 1 saturated carbocycles. The summed E-state index contributed by atoms with van der Waals surface area (Å²) in [4.78, 5) is 2.61. The Kier molecular flexibility index (Phi) is 5.62. The Bertz CT molecular complexity index is 170. The molecule has 0 bridgehead atoms. The van der Waals surface area contributed by atoms with Gasteiger partial charge in [-0.3, -0.25) is 0 Å². The van der Waals surface area contributed by atoms with Crippen molar-refractivity contribution in [3.8, 4) is 0 Å². The molecule has 2 nitrogen and oxygen atoms in total. The second-order valence-corrected chi connectivity index (χ2v) is 5.24. The molecule has 2 heteroatoms. The molecule has 0 aliphatic heterocycles.